The highest BCUT2D eigenvalue weighted by molar-refractivity contribution is 8.13. The van der Waals surface area contributed by atoms with Crippen LogP contribution in [0, 0.1) is 0 Å². The van der Waals surface area contributed by atoms with E-state index < -0.39 is 0 Å². The van der Waals surface area contributed by atoms with Crippen molar-refractivity contribution in [2.24, 2.45) is 0 Å². The minimum atomic E-state index is -0.00611. The molecular formula is C15H23NO3S. The monoisotopic (exact) mass is 297 g/mol. The van der Waals surface area contributed by atoms with E-state index in [1.54, 1.807) is 0 Å². The van der Waals surface area contributed by atoms with E-state index >= 15 is 0 Å². The number of ether oxygens (including phenoxy) is 2. The van der Waals surface area contributed by atoms with Gasteiger partial charge in [-0.15, -0.1) is 0 Å². The molecule has 20 heavy (non-hydrogen) atoms. The molecular weight excluding hydrogens is 274 g/mol. The SMILES string of the molecule is CCSC(=O)NCCOc1ccc(OC(C)CC)cc1. The van der Waals surface area contributed by atoms with Crippen molar-refractivity contribution in [1.29, 1.82) is 0 Å². The van der Waals surface area contributed by atoms with Gasteiger partial charge in [0, 0.05) is 0 Å². The summed E-state index contributed by atoms with van der Waals surface area (Å²) >= 11 is 1.27. The van der Waals surface area contributed by atoms with E-state index in [0.29, 0.717) is 13.2 Å². The zero-order valence-electron chi connectivity index (χ0n) is 12.3. The van der Waals surface area contributed by atoms with Gasteiger partial charge in [-0.3, -0.25) is 4.79 Å². The van der Waals surface area contributed by atoms with Crippen molar-refractivity contribution >= 4 is 17.0 Å². The molecule has 0 radical (unpaired) electrons. The van der Waals surface area contributed by atoms with Crippen LogP contribution in [-0.4, -0.2) is 30.2 Å². The number of hydrogen-bond acceptors (Lipinski definition) is 4. The first-order valence-electron chi connectivity index (χ1n) is 6.95. The Morgan fingerprint density at radius 3 is 2.50 bits per heavy atom. The normalized spacial score (nSPS) is 11.8. The molecule has 5 heteroatoms. The van der Waals surface area contributed by atoms with Gasteiger partial charge >= 0.3 is 0 Å². The molecule has 112 valence electrons. The summed E-state index contributed by atoms with van der Waals surface area (Å²) in [4.78, 5) is 11.2. The van der Waals surface area contributed by atoms with Gasteiger partial charge in [0.05, 0.1) is 12.6 Å². The van der Waals surface area contributed by atoms with Crippen molar-refractivity contribution in [2.45, 2.75) is 33.3 Å². The third-order valence-electron chi connectivity index (χ3n) is 2.65. The maximum Gasteiger partial charge on any atom is 0.279 e. The molecule has 0 saturated carbocycles. The van der Waals surface area contributed by atoms with Crippen LogP contribution in [0.2, 0.25) is 0 Å². The van der Waals surface area contributed by atoms with Crippen LogP contribution in [0.25, 0.3) is 0 Å². The molecule has 1 rings (SSSR count). The Hall–Kier alpha value is -1.36. The second-order valence-corrected chi connectivity index (χ2v) is 5.54. The molecule has 0 aliphatic heterocycles. The molecule has 1 atom stereocenters. The highest BCUT2D eigenvalue weighted by Crippen LogP contribution is 2.19. The lowest BCUT2D eigenvalue weighted by Crippen LogP contribution is -2.24. The Balaban J connectivity index is 2.26. The van der Waals surface area contributed by atoms with E-state index in [1.807, 2.05) is 38.1 Å². The number of benzene rings is 1. The lowest BCUT2D eigenvalue weighted by Gasteiger charge is -2.13. The summed E-state index contributed by atoms with van der Waals surface area (Å²) in [7, 11) is 0. The second kappa shape index (κ2) is 9.53. The van der Waals surface area contributed by atoms with Crippen LogP contribution in [-0.2, 0) is 0 Å². The summed E-state index contributed by atoms with van der Waals surface area (Å²) < 4.78 is 11.2. The van der Waals surface area contributed by atoms with Gasteiger partial charge in [-0.05, 0) is 43.4 Å². The zero-order chi connectivity index (χ0) is 14.8. The van der Waals surface area contributed by atoms with Crippen LogP contribution in [0.1, 0.15) is 27.2 Å². The number of amides is 1. The molecule has 1 amide bonds. The lowest BCUT2D eigenvalue weighted by atomic mass is 10.3. The molecule has 0 spiro atoms. The molecule has 1 aromatic carbocycles. The lowest BCUT2D eigenvalue weighted by molar-refractivity contribution is 0.217. The van der Waals surface area contributed by atoms with Crippen molar-refractivity contribution in [2.75, 3.05) is 18.9 Å². The van der Waals surface area contributed by atoms with Gasteiger partial charge in [0.1, 0.15) is 18.1 Å². The highest BCUT2D eigenvalue weighted by atomic mass is 32.2. The van der Waals surface area contributed by atoms with Gasteiger partial charge in [0.2, 0.25) is 0 Å². The van der Waals surface area contributed by atoms with Crippen molar-refractivity contribution in [3.05, 3.63) is 24.3 Å². The molecule has 0 bridgehead atoms. The average Bonchev–Trinajstić information content (AvgIpc) is 2.45. The van der Waals surface area contributed by atoms with E-state index in [0.717, 1.165) is 23.7 Å². The quantitative estimate of drug-likeness (QED) is 0.743. The Morgan fingerprint density at radius 2 is 1.90 bits per heavy atom. The zero-order valence-corrected chi connectivity index (χ0v) is 13.2. The smallest absolute Gasteiger partial charge is 0.279 e. The molecule has 1 unspecified atom stereocenters. The molecule has 0 saturated heterocycles. The Kier molecular flexibility index (Phi) is 7.95. The average molecular weight is 297 g/mol. The fourth-order valence-corrected chi connectivity index (χ4v) is 1.90. The Labute approximate surface area is 125 Å². The molecule has 1 N–H and O–H groups in total. The predicted octanol–water partition coefficient (Wildman–Crippen LogP) is 3.71. The Morgan fingerprint density at radius 1 is 1.25 bits per heavy atom. The van der Waals surface area contributed by atoms with Gasteiger partial charge in [0.25, 0.3) is 5.24 Å². The molecule has 0 fully saturated rings. The summed E-state index contributed by atoms with van der Waals surface area (Å²) in [5.41, 5.74) is 0. The van der Waals surface area contributed by atoms with Crippen molar-refractivity contribution < 1.29 is 14.3 Å². The Bertz CT molecular complexity index is 395. The number of hydrogen-bond donors (Lipinski definition) is 1. The summed E-state index contributed by atoms with van der Waals surface area (Å²) in [5.74, 6) is 2.41. The van der Waals surface area contributed by atoms with Crippen molar-refractivity contribution in [3.63, 3.8) is 0 Å². The van der Waals surface area contributed by atoms with E-state index in [9.17, 15) is 4.79 Å². The summed E-state index contributed by atoms with van der Waals surface area (Å²) in [6, 6.07) is 7.54. The highest BCUT2D eigenvalue weighted by Gasteiger charge is 2.02. The largest absolute Gasteiger partial charge is 0.492 e. The molecule has 0 aromatic heterocycles. The molecule has 1 aromatic rings. The van der Waals surface area contributed by atoms with Crippen LogP contribution in [0.5, 0.6) is 11.5 Å². The van der Waals surface area contributed by atoms with Crippen LogP contribution < -0.4 is 14.8 Å². The van der Waals surface area contributed by atoms with Gasteiger partial charge < -0.3 is 14.8 Å². The van der Waals surface area contributed by atoms with Crippen LogP contribution in [0.15, 0.2) is 24.3 Å². The van der Waals surface area contributed by atoms with Crippen LogP contribution in [0.4, 0.5) is 4.79 Å². The van der Waals surface area contributed by atoms with Gasteiger partial charge in [-0.2, -0.15) is 0 Å². The van der Waals surface area contributed by atoms with Gasteiger partial charge in [-0.25, -0.2) is 0 Å². The first kappa shape index (κ1) is 16.7. The first-order chi connectivity index (χ1) is 9.65. The fraction of sp³-hybridized carbons (Fsp3) is 0.533. The second-order valence-electron chi connectivity index (χ2n) is 4.30. The topological polar surface area (TPSA) is 47.6 Å². The third-order valence-corrected chi connectivity index (χ3v) is 3.35. The maximum absolute atomic E-state index is 11.2. The number of carbonyl (C=O) groups is 1. The number of carbonyl (C=O) groups excluding carboxylic acids is 1. The fourth-order valence-electron chi connectivity index (χ4n) is 1.43. The van der Waals surface area contributed by atoms with Crippen molar-refractivity contribution in [3.8, 4) is 11.5 Å². The number of nitrogens with one attached hydrogen (secondary N) is 1. The molecule has 0 aliphatic rings. The molecule has 0 aliphatic carbocycles. The van der Waals surface area contributed by atoms with E-state index in [2.05, 4.69) is 12.2 Å². The van der Waals surface area contributed by atoms with Crippen LogP contribution in [0.3, 0.4) is 0 Å². The number of rotatable bonds is 8. The summed E-state index contributed by atoms with van der Waals surface area (Å²) in [6.45, 7) is 7.05. The molecule has 0 heterocycles. The standard InChI is InChI=1S/C15H23NO3S/c1-4-12(3)19-14-8-6-13(7-9-14)18-11-10-16-15(17)20-5-2/h6-9,12H,4-5,10-11H2,1-3H3,(H,16,17). The maximum atomic E-state index is 11.2. The predicted molar refractivity (Wildman–Crippen MR) is 83.8 cm³/mol. The van der Waals surface area contributed by atoms with Crippen LogP contribution >= 0.6 is 11.8 Å². The van der Waals surface area contributed by atoms with Crippen molar-refractivity contribution in [1.82, 2.24) is 5.32 Å². The van der Waals surface area contributed by atoms with E-state index in [-0.39, 0.29) is 11.3 Å². The van der Waals surface area contributed by atoms with Gasteiger partial charge in [-0.1, -0.05) is 25.6 Å². The summed E-state index contributed by atoms with van der Waals surface area (Å²) in [5, 5.41) is 2.77. The third kappa shape index (κ3) is 6.70. The number of thioether (sulfide) groups is 1. The summed E-state index contributed by atoms with van der Waals surface area (Å²) in [6.07, 6.45) is 1.20. The minimum Gasteiger partial charge on any atom is -0.492 e. The van der Waals surface area contributed by atoms with Gasteiger partial charge in [0.15, 0.2) is 0 Å². The molecule has 4 nitrogen and oxygen atoms in total. The van der Waals surface area contributed by atoms with E-state index in [1.165, 1.54) is 11.8 Å². The first-order valence-corrected chi connectivity index (χ1v) is 7.94. The van der Waals surface area contributed by atoms with E-state index in [4.69, 9.17) is 9.47 Å². The minimum absolute atomic E-state index is 0.00611.